The Balaban J connectivity index is 2.87. The van der Waals surface area contributed by atoms with Gasteiger partial charge in [-0.3, -0.25) is 5.73 Å². The molecular weight excluding hydrogens is 218 g/mol. The van der Waals surface area contributed by atoms with Crippen molar-refractivity contribution in [2.45, 2.75) is 5.75 Å². The van der Waals surface area contributed by atoms with Gasteiger partial charge in [0.2, 0.25) is 0 Å². The maximum absolute atomic E-state index is 11.2. The van der Waals surface area contributed by atoms with Crippen LogP contribution >= 0.6 is 0 Å². The highest BCUT2D eigenvalue weighted by Gasteiger charge is 2.06. The molecule has 0 radical (unpaired) electrons. The van der Waals surface area contributed by atoms with Crippen LogP contribution in [-0.2, 0) is 21.2 Å². The molecule has 82 valence electrons. The van der Waals surface area contributed by atoms with Gasteiger partial charge in [0.25, 0.3) is 0 Å². The predicted molar refractivity (Wildman–Crippen MR) is 54.9 cm³/mol. The summed E-state index contributed by atoms with van der Waals surface area (Å²) in [5.74, 6) is -0.639. The van der Waals surface area contributed by atoms with Crippen molar-refractivity contribution in [1.82, 2.24) is 0 Å². The van der Waals surface area contributed by atoms with Crippen LogP contribution in [0.3, 0.4) is 0 Å². The Bertz CT molecular complexity index is 420. The zero-order chi connectivity index (χ0) is 11.3. The van der Waals surface area contributed by atoms with Gasteiger partial charge in [-0.15, -0.1) is 0 Å². The van der Waals surface area contributed by atoms with E-state index in [1.165, 1.54) is 6.07 Å². The van der Waals surface area contributed by atoms with E-state index < -0.39 is 16.7 Å². The molecule has 0 amide bonds. The van der Waals surface area contributed by atoms with Gasteiger partial charge in [-0.05, 0) is 17.7 Å². The second-order valence-corrected chi connectivity index (χ2v) is 3.77. The van der Waals surface area contributed by atoms with Crippen LogP contribution in [0.15, 0.2) is 24.3 Å². The maximum atomic E-state index is 11.2. The number of esters is 1. The molecule has 0 heterocycles. The van der Waals surface area contributed by atoms with Crippen molar-refractivity contribution in [2.24, 2.45) is 5.73 Å². The number of ether oxygens (including phenoxy) is 1. The zero-order valence-electron chi connectivity index (χ0n) is 7.88. The molecule has 2 N–H and O–H groups in total. The monoisotopic (exact) mass is 229 g/mol. The zero-order valence-corrected chi connectivity index (χ0v) is 8.78. The lowest BCUT2D eigenvalue weighted by Gasteiger charge is -2.02. The van der Waals surface area contributed by atoms with Crippen LogP contribution < -0.4 is 5.73 Å². The molecule has 0 unspecified atom stereocenters. The fourth-order valence-electron chi connectivity index (χ4n) is 1.10. The lowest BCUT2D eigenvalue weighted by atomic mass is 10.1. The molecule has 0 atom stereocenters. The largest absolute Gasteiger partial charge is 0.446 e. The number of nitrogens with two attached hydrogens (primary N) is 1. The smallest absolute Gasteiger partial charge is 0.339 e. The van der Waals surface area contributed by atoms with E-state index in [-0.39, 0.29) is 12.5 Å². The minimum absolute atomic E-state index is 0.0842. The second-order valence-electron chi connectivity index (χ2n) is 2.79. The van der Waals surface area contributed by atoms with Gasteiger partial charge in [-0.25, -0.2) is 13.2 Å². The summed E-state index contributed by atoms with van der Waals surface area (Å²) < 4.78 is 25.5. The molecular formula is C9H11NO4S. The molecule has 0 saturated heterocycles. The molecule has 1 aromatic rings. The Morgan fingerprint density at radius 3 is 2.73 bits per heavy atom. The Hall–Kier alpha value is -1.40. The van der Waals surface area contributed by atoms with Crippen molar-refractivity contribution < 1.29 is 17.9 Å². The van der Waals surface area contributed by atoms with E-state index in [9.17, 15) is 13.2 Å². The molecule has 0 saturated carbocycles. The van der Waals surface area contributed by atoms with E-state index in [4.69, 9.17) is 5.73 Å². The van der Waals surface area contributed by atoms with Crippen molar-refractivity contribution in [1.29, 1.82) is 0 Å². The van der Waals surface area contributed by atoms with Gasteiger partial charge in [-0.2, -0.15) is 0 Å². The molecule has 15 heavy (non-hydrogen) atoms. The number of hydrogen-bond donors (Lipinski definition) is 2. The van der Waals surface area contributed by atoms with E-state index in [1.54, 1.807) is 18.2 Å². The Labute approximate surface area is 88.8 Å². The predicted octanol–water partition coefficient (Wildman–Crippen LogP) is -0.129. The number of carbonyl (C=O) groups excluding carboxylic acids is 1. The van der Waals surface area contributed by atoms with Crippen LogP contribution in [0.4, 0.5) is 0 Å². The first-order valence-electron chi connectivity index (χ1n) is 4.21. The Kier molecular flexibility index (Phi) is 4.26. The molecule has 0 aromatic heterocycles. The maximum Gasteiger partial charge on any atom is 0.339 e. The summed E-state index contributed by atoms with van der Waals surface area (Å²) >= 11 is 0. The number of thiol groups is 1. The number of benzene rings is 1. The van der Waals surface area contributed by atoms with Gasteiger partial charge < -0.3 is 4.74 Å². The average molecular weight is 229 g/mol. The SMILES string of the molecule is NCOC(=O)c1cccc(C[SH](=O)=O)c1. The van der Waals surface area contributed by atoms with Crippen LogP contribution in [0.2, 0.25) is 0 Å². The summed E-state index contributed by atoms with van der Waals surface area (Å²) in [6.45, 7) is -0.196. The minimum atomic E-state index is -2.49. The standard InChI is InChI=1S/C9H11NO4S/c10-6-14-9(11)8-3-1-2-7(4-8)5-15(12)13/h1-4,15H,5-6,10H2. The fraction of sp³-hybridized carbons (Fsp3) is 0.222. The first-order chi connectivity index (χ1) is 7.13. The molecule has 6 heteroatoms. The summed E-state index contributed by atoms with van der Waals surface area (Å²) in [5, 5.41) is 0. The highest BCUT2D eigenvalue weighted by Crippen LogP contribution is 2.07. The molecule has 0 bridgehead atoms. The highest BCUT2D eigenvalue weighted by atomic mass is 32.2. The van der Waals surface area contributed by atoms with Gasteiger partial charge in [0.15, 0.2) is 0 Å². The average Bonchev–Trinajstić information content (AvgIpc) is 2.17. The van der Waals surface area contributed by atoms with Crippen LogP contribution in [0.5, 0.6) is 0 Å². The van der Waals surface area contributed by atoms with Crippen LogP contribution in [0, 0.1) is 0 Å². The molecule has 0 aliphatic heterocycles. The molecule has 1 rings (SSSR count). The summed E-state index contributed by atoms with van der Waals surface area (Å²) in [5.41, 5.74) is 5.90. The van der Waals surface area contributed by atoms with E-state index in [1.807, 2.05) is 0 Å². The normalized spacial score (nSPS) is 10.3. The fourth-order valence-corrected chi connectivity index (χ4v) is 1.60. The third kappa shape index (κ3) is 3.69. The van der Waals surface area contributed by atoms with Gasteiger partial charge >= 0.3 is 5.97 Å². The van der Waals surface area contributed by atoms with Crippen molar-refractivity contribution in [3.05, 3.63) is 35.4 Å². The molecule has 0 aliphatic carbocycles. The van der Waals surface area contributed by atoms with E-state index in [2.05, 4.69) is 4.74 Å². The first kappa shape index (κ1) is 11.7. The summed E-state index contributed by atoms with van der Waals surface area (Å²) in [4.78, 5) is 11.2. The van der Waals surface area contributed by atoms with Crippen LogP contribution in [0.25, 0.3) is 0 Å². The lowest BCUT2D eigenvalue weighted by molar-refractivity contribution is 0.0515. The van der Waals surface area contributed by atoms with Crippen molar-refractivity contribution in [3.63, 3.8) is 0 Å². The molecule has 0 spiro atoms. The summed E-state index contributed by atoms with van der Waals surface area (Å²) in [7, 11) is -2.49. The van der Waals surface area contributed by atoms with Crippen molar-refractivity contribution in [3.8, 4) is 0 Å². The Morgan fingerprint density at radius 2 is 2.13 bits per heavy atom. The summed E-state index contributed by atoms with van der Waals surface area (Å²) in [6.07, 6.45) is 0. The van der Waals surface area contributed by atoms with E-state index >= 15 is 0 Å². The summed E-state index contributed by atoms with van der Waals surface area (Å²) in [6, 6.07) is 6.24. The lowest BCUT2D eigenvalue weighted by Crippen LogP contribution is -2.12. The topological polar surface area (TPSA) is 86.5 Å². The second kappa shape index (κ2) is 5.47. The Morgan fingerprint density at radius 1 is 1.40 bits per heavy atom. The first-order valence-corrected chi connectivity index (χ1v) is 5.57. The van der Waals surface area contributed by atoms with Gasteiger partial charge in [0, 0.05) is 0 Å². The number of carbonyl (C=O) groups is 1. The molecule has 5 nitrogen and oxygen atoms in total. The molecule has 0 fully saturated rings. The third-order valence-electron chi connectivity index (χ3n) is 1.69. The van der Waals surface area contributed by atoms with Crippen molar-refractivity contribution in [2.75, 3.05) is 6.73 Å². The minimum Gasteiger partial charge on any atom is -0.446 e. The molecule has 1 aromatic carbocycles. The highest BCUT2D eigenvalue weighted by molar-refractivity contribution is 7.71. The third-order valence-corrected chi connectivity index (χ3v) is 2.31. The molecule has 0 aliphatic rings. The van der Waals surface area contributed by atoms with Crippen LogP contribution in [-0.4, -0.2) is 21.1 Å². The number of rotatable bonds is 4. The van der Waals surface area contributed by atoms with Gasteiger partial charge in [-0.1, -0.05) is 12.1 Å². The van der Waals surface area contributed by atoms with Gasteiger partial charge in [0.05, 0.1) is 11.3 Å². The van der Waals surface area contributed by atoms with Crippen molar-refractivity contribution >= 4 is 16.7 Å². The quantitative estimate of drug-likeness (QED) is 0.427. The van der Waals surface area contributed by atoms with E-state index in [0.29, 0.717) is 11.1 Å². The van der Waals surface area contributed by atoms with Gasteiger partial charge in [0.1, 0.15) is 17.4 Å². The van der Waals surface area contributed by atoms with Crippen LogP contribution in [0.1, 0.15) is 15.9 Å². The van der Waals surface area contributed by atoms with E-state index in [0.717, 1.165) is 0 Å². The number of hydrogen-bond acceptors (Lipinski definition) is 5.